The average molecular weight is 416 g/mol. The monoisotopic (exact) mass is 415 g/mol. The topological polar surface area (TPSA) is 65.8 Å². The molecule has 1 aliphatic carbocycles. The van der Waals surface area contributed by atoms with Gasteiger partial charge in [-0.2, -0.15) is 5.26 Å². The van der Waals surface area contributed by atoms with Gasteiger partial charge in [0.25, 0.3) is 0 Å². The molecule has 7 heteroatoms. The summed E-state index contributed by atoms with van der Waals surface area (Å²) in [5.74, 6) is -0.775. The molecule has 0 aliphatic heterocycles. The van der Waals surface area contributed by atoms with Crippen molar-refractivity contribution in [1.82, 2.24) is 4.98 Å². The van der Waals surface area contributed by atoms with Gasteiger partial charge in [0, 0.05) is 11.6 Å². The van der Waals surface area contributed by atoms with Crippen LogP contribution in [0, 0.1) is 32.6 Å². The lowest BCUT2D eigenvalue weighted by Crippen LogP contribution is -2.15. The molecule has 3 rings (SSSR count). The highest BCUT2D eigenvalue weighted by molar-refractivity contribution is 14.1. The Kier molecular flexibility index (Phi) is 3.71. The van der Waals surface area contributed by atoms with E-state index in [2.05, 4.69) is 16.4 Å². The zero-order valence-corrected chi connectivity index (χ0v) is 13.4. The fourth-order valence-electron chi connectivity index (χ4n) is 2.11. The SMILES string of the molecule is N#C[C@H]1C[C@@H]1C(=O)Nc1cc2cc(I)c(F)c(Cl)c2cn1. The van der Waals surface area contributed by atoms with Crippen LogP contribution in [0.3, 0.4) is 0 Å². The molecule has 1 N–H and O–H groups in total. The van der Waals surface area contributed by atoms with Gasteiger partial charge in [0.15, 0.2) is 5.82 Å². The number of aromatic nitrogens is 1. The van der Waals surface area contributed by atoms with Gasteiger partial charge in [0.05, 0.1) is 26.5 Å². The Bertz CT molecular complexity index is 805. The second kappa shape index (κ2) is 5.39. The van der Waals surface area contributed by atoms with Gasteiger partial charge in [0.2, 0.25) is 5.91 Å². The number of hydrogen-bond donors (Lipinski definition) is 1. The summed E-state index contributed by atoms with van der Waals surface area (Å²) in [5.41, 5.74) is 0. The number of nitrogens with one attached hydrogen (secondary N) is 1. The Morgan fingerprint density at radius 2 is 2.33 bits per heavy atom. The number of nitrogens with zero attached hydrogens (tertiary/aromatic N) is 2. The zero-order valence-electron chi connectivity index (χ0n) is 10.5. The molecular formula is C14H8ClFIN3O. The van der Waals surface area contributed by atoms with E-state index in [1.807, 2.05) is 22.6 Å². The highest BCUT2D eigenvalue weighted by Crippen LogP contribution is 2.38. The van der Waals surface area contributed by atoms with Crippen LogP contribution in [0.1, 0.15) is 6.42 Å². The molecule has 1 aromatic carbocycles. The van der Waals surface area contributed by atoms with E-state index in [1.54, 1.807) is 12.1 Å². The van der Waals surface area contributed by atoms with Crippen molar-refractivity contribution in [3.8, 4) is 6.07 Å². The minimum Gasteiger partial charge on any atom is -0.310 e. The van der Waals surface area contributed by atoms with Crippen LogP contribution in [0.2, 0.25) is 5.02 Å². The molecule has 0 spiro atoms. The summed E-state index contributed by atoms with van der Waals surface area (Å²) < 4.78 is 14.1. The number of pyridine rings is 1. The Morgan fingerprint density at radius 3 is 3.00 bits per heavy atom. The highest BCUT2D eigenvalue weighted by Gasteiger charge is 2.43. The third-order valence-corrected chi connectivity index (χ3v) is 4.56. The van der Waals surface area contributed by atoms with E-state index in [0.29, 0.717) is 26.6 Å². The number of rotatable bonds is 2. The number of carbonyl (C=O) groups excluding carboxylic acids is 1. The first-order valence-electron chi connectivity index (χ1n) is 6.15. The number of halogens is 3. The molecule has 2 aromatic rings. The van der Waals surface area contributed by atoms with E-state index in [1.165, 1.54) is 6.20 Å². The van der Waals surface area contributed by atoms with E-state index < -0.39 is 5.82 Å². The fraction of sp³-hybridized carbons (Fsp3) is 0.214. The van der Waals surface area contributed by atoms with Crippen LogP contribution in [-0.4, -0.2) is 10.9 Å². The minimum absolute atomic E-state index is 0.0222. The summed E-state index contributed by atoms with van der Waals surface area (Å²) in [6, 6.07) is 5.35. The second-order valence-electron chi connectivity index (χ2n) is 4.84. The van der Waals surface area contributed by atoms with Crippen LogP contribution in [0.5, 0.6) is 0 Å². The lowest BCUT2D eigenvalue weighted by atomic mass is 10.1. The Hall–Kier alpha value is -1.46. The van der Waals surface area contributed by atoms with Crippen molar-refractivity contribution in [3.05, 3.63) is 32.7 Å². The van der Waals surface area contributed by atoms with Gasteiger partial charge in [-0.25, -0.2) is 9.37 Å². The molecule has 1 heterocycles. The number of benzene rings is 1. The van der Waals surface area contributed by atoms with Gasteiger partial charge in [-0.3, -0.25) is 4.79 Å². The van der Waals surface area contributed by atoms with Crippen LogP contribution in [-0.2, 0) is 4.79 Å². The predicted octanol–water partition coefficient (Wildman–Crippen LogP) is 3.73. The molecule has 4 nitrogen and oxygen atoms in total. The number of amides is 1. The van der Waals surface area contributed by atoms with Crippen molar-refractivity contribution in [2.45, 2.75) is 6.42 Å². The number of fused-ring (bicyclic) bond motifs is 1. The standard InChI is InChI=1S/C14H8ClFIN3O/c15-12-9-5-19-11(3-6(9)2-10(17)13(12)16)20-14(21)8-1-7(8)4-18/h2-3,5,7-8H,1H2,(H,19,20,21)/t7-,8+/m1/s1. The van der Waals surface area contributed by atoms with Crippen LogP contribution < -0.4 is 5.32 Å². The maximum Gasteiger partial charge on any atom is 0.230 e. The third-order valence-electron chi connectivity index (χ3n) is 3.40. The lowest BCUT2D eigenvalue weighted by Gasteiger charge is -2.07. The van der Waals surface area contributed by atoms with Crippen LogP contribution in [0.4, 0.5) is 10.2 Å². The number of nitriles is 1. The molecule has 1 saturated carbocycles. The van der Waals surface area contributed by atoms with Gasteiger partial charge < -0.3 is 5.32 Å². The average Bonchev–Trinajstić information content (AvgIpc) is 3.24. The van der Waals surface area contributed by atoms with E-state index >= 15 is 0 Å². The van der Waals surface area contributed by atoms with Crippen molar-refractivity contribution >= 4 is 56.7 Å². The number of carbonyl (C=O) groups is 1. The Balaban J connectivity index is 1.90. The normalized spacial score (nSPS) is 20.1. The molecule has 0 saturated heterocycles. The first-order valence-corrected chi connectivity index (χ1v) is 7.60. The highest BCUT2D eigenvalue weighted by atomic mass is 127. The van der Waals surface area contributed by atoms with Crippen molar-refractivity contribution in [2.24, 2.45) is 11.8 Å². The second-order valence-corrected chi connectivity index (χ2v) is 6.38. The van der Waals surface area contributed by atoms with Crippen molar-refractivity contribution in [2.75, 3.05) is 5.32 Å². The molecule has 1 aromatic heterocycles. The molecule has 0 bridgehead atoms. The van der Waals surface area contributed by atoms with E-state index in [-0.39, 0.29) is 22.8 Å². The number of anilines is 1. The van der Waals surface area contributed by atoms with Gasteiger partial charge in [-0.1, -0.05) is 11.6 Å². The molecular weight excluding hydrogens is 408 g/mol. The van der Waals surface area contributed by atoms with Gasteiger partial charge >= 0.3 is 0 Å². The van der Waals surface area contributed by atoms with Crippen molar-refractivity contribution < 1.29 is 9.18 Å². The van der Waals surface area contributed by atoms with E-state index in [0.717, 1.165) is 0 Å². The minimum atomic E-state index is -0.474. The predicted molar refractivity (Wildman–Crippen MR) is 85.3 cm³/mol. The maximum atomic E-state index is 13.7. The van der Waals surface area contributed by atoms with Crippen molar-refractivity contribution in [3.63, 3.8) is 0 Å². The van der Waals surface area contributed by atoms with Crippen molar-refractivity contribution in [1.29, 1.82) is 5.26 Å². The smallest absolute Gasteiger partial charge is 0.230 e. The van der Waals surface area contributed by atoms with Crippen LogP contribution >= 0.6 is 34.2 Å². The van der Waals surface area contributed by atoms with E-state index in [9.17, 15) is 9.18 Å². The van der Waals surface area contributed by atoms with Gasteiger partial charge in [-0.15, -0.1) is 0 Å². The molecule has 2 atom stereocenters. The molecule has 1 amide bonds. The molecule has 0 unspecified atom stereocenters. The molecule has 1 aliphatic rings. The van der Waals surface area contributed by atoms with Crippen LogP contribution in [0.25, 0.3) is 10.8 Å². The molecule has 0 radical (unpaired) electrons. The Morgan fingerprint density at radius 1 is 1.57 bits per heavy atom. The van der Waals surface area contributed by atoms with Crippen LogP contribution in [0.15, 0.2) is 18.3 Å². The molecule has 1 fully saturated rings. The largest absolute Gasteiger partial charge is 0.310 e. The third kappa shape index (κ3) is 2.68. The summed E-state index contributed by atoms with van der Waals surface area (Å²) >= 11 is 7.80. The zero-order chi connectivity index (χ0) is 15.1. The summed E-state index contributed by atoms with van der Waals surface area (Å²) in [6.45, 7) is 0. The summed E-state index contributed by atoms with van der Waals surface area (Å²) in [7, 11) is 0. The molecule has 106 valence electrons. The lowest BCUT2D eigenvalue weighted by molar-refractivity contribution is -0.117. The summed E-state index contributed by atoms with van der Waals surface area (Å²) in [5, 5.41) is 12.6. The fourth-order valence-corrected chi connectivity index (χ4v) is 3.14. The molecule has 21 heavy (non-hydrogen) atoms. The first kappa shape index (κ1) is 14.5. The maximum absolute atomic E-state index is 13.7. The van der Waals surface area contributed by atoms with Gasteiger partial charge in [-0.05, 0) is 46.5 Å². The first-order chi connectivity index (χ1) is 10.0. The summed E-state index contributed by atoms with van der Waals surface area (Å²) in [4.78, 5) is 15.9. The quantitative estimate of drug-likeness (QED) is 0.600. The summed E-state index contributed by atoms with van der Waals surface area (Å²) in [6.07, 6.45) is 2.02. The number of hydrogen-bond acceptors (Lipinski definition) is 3. The van der Waals surface area contributed by atoms with E-state index in [4.69, 9.17) is 16.9 Å². The Labute approximate surface area is 138 Å². The van der Waals surface area contributed by atoms with Gasteiger partial charge in [0.1, 0.15) is 5.82 Å².